The first-order chi connectivity index (χ1) is 7.66. The topological polar surface area (TPSA) is 59.2 Å². The van der Waals surface area contributed by atoms with Gasteiger partial charge in [-0.2, -0.15) is 4.98 Å². The maximum Gasteiger partial charge on any atom is 0.229 e. The van der Waals surface area contributed by atoms with E-state index in [9.17, 15) is 5.11 Å². The van der Waals surface area contributed by atoms with E-state index in [1.807, 2.05) is 31.4 Å². The lowest BCUT2D eigenvalue weighted by Crippen LogP contribution is -2.17. The average molecular weight is 238 g/mol. The maximum absolute atomic E-state index is 9.69. The number of nitrogens with zero attached hydrogens (tertiary/aromatic N) is 2. The van der Waals surface area contributed by atoms with Gasteiger partial charge in [-0.3, -0.25) is 0 Å². The molecule has 1 N–H and O–H groups in total. The molecule has 0 fully saturated rings. The molecule has 0 aliphatic heterocycles. The minimum absolute atomic E-state index is 0.192. The summed E-state index contributed by atoms with van der Waals surface area (Å²) >= 11 is 1.57. The van der Waals surface area contributed by atoms with E-state index in [-0.39, 0.29) is 5.92 Å². The zero-order valence-corrected chi connectivity index (χ0v) is 10.1. The molecule has 16 heavy (non-hydrogen) atoms. The van der Waals surface area contributed by atoms with Gasteiger partial charge in [-0.1, -0.05) is 25.1 Å². The Kier molecular flexibility index (Phi) is 3.36. The molecule has 0 spiro atoms. The molecule has 0 aliphatic rings. The minimum atomic E-state index is -0.434. The summed E-state index contributed by atoms with van der Waals surface area (Å²) in [4.78, 5) is 5.23. The molecule has 5 heteroatoms. The quantitative estimate of drug-likeness (QED) is 0.888. The van der Waals surface area contributed by atoms with Crippen molar-refractivity contribution in [1.82, 2.24) is 10.1 Å². The number of rotatable bonds is 4. The highest BCUT2D eigenvalue weighted by Crippen LogP contribution is 2.21. The summed E-state index contributed by atoms with van der Waals surface area (Å²) in [5, 5.41) is 15.5. The van der Waals surface area contributed by atoms with Crippen molar-refractivity contribution in [3.8, 4) is 10.7 Å². The Morgan fingerprint density at radius 2 is 2.31 bits per heavy atom. The van der Waals surface area contributed by atoms with Gasteiger partial charge in [0.1, 0.15) is 0 Å². The third kappa shape index (κ3) is 2.48. The van der Waals surface area contributed by atoms with E-state index in [1.165, 1.54) is 0 Å². The van der Waals surface area contributed by atoms with Crippen molar-refractivity contribution >= 4 is 11.3 Å². The number of aliphatic hydroxyl groups excluding tert-OH is 1. The monoisotopic (exact) mass is 238 g/mol. The van der Waals surface area contributed by atoms with E-state index in [0.717, 1.165) is 4.88 Å². The zero-order chi connectivity index (χ0) is 11.5. The van der Waals surface area contributed by atoms with Crippen LogP contribution in [0.15, 0.2) is 22.0 Å². The average Bonchev–Trinajstić information content (AvgIpc) is 2.85. The molecule has 1 atom stereocenters. The lowest BCUT2D eigenvalue weighted by Gasteiger charge is -2.10. The Labute approximate surface area is 97.9 Å². The van der Waals surface area contributed by atoms with Gasteiger partial charge < -0.3 is 9.63 Å². The molecule has 0 aliphatic carbocycles. The standard InChI is InChI=1S/C11H14N2O2S/c1-7(2)8(14)6-10-12-11(13-15-10)9-4-3-5-16-9/h3-5,7-8,14H,6H2,1-2H3. The molecule has 2 rings (SSSR count). The first-order valence-corrected chi connectivity index (χ1v) is 6.09. The Morgan fingerprint density at radius 1 is 1.50 bits per heavy atom. The number of hydrogen-bond donors (Lipinski definition) is 1. The largest absolute Gasteiger partial charge is 0.392 e. The van der Waals surface area contributed by atoms with E-state index in [4.69, 9.17) is 4.52 Å². The third-order valence-corrected chi connectivity index (χ3v) is 3.23. The van der Waals surface area contributed by atoms with Gasteiger partial charge in [0.25, 0.3) is 0 Å². The number of aromatic nitrogens is 2. The van der Waals surface area contributed by atoms with Crippen LogP contribution in [0.2, 0.25) is 0 Å². The molecule has 0 radical (unpaired) electrons. The molecule has 1 unspecified atom stereocenters. The number of aliphatic hydroxyl groups is 1. The van der Waals surface area contributed by atoms with Gasteiger partial charge in [0.05, 0.1) is 17.4 Å². The summed E-state index contributed by atoms with van der Waals surface area (Å²) in [5.41, 5.74) is 0. The zero-order valence-electron chi connectivity index (χ0n) is 9.25. The van der Waals surface area contributed by atoms with Crippen molar-refractivity contribution in [2.45, 2.75) is 26.4 Å². The van der Waals surface area contributed by atoms with E-state index in [1.54, 1.807) is 11.3 Å². The lowest BCUT2D eigenvalue weighted by atomic mass is 10.0. The Bertz CT molecular complexity index is 437. The summed E-state index contributed by atoms with van der Waals surface area (Å²) in [6.45, 7) is 3.92. The predicted molar refractivity (Wildman–Crippen MR) is 62.2 cm³/mol. The Morgan fingerprint density at radius 3 is 2.94 bits per heavy atom. The molecule has 2 aromatic heterocycles. The first kappa shape index (κ1) is 11.3. The summed E-state index contributed by atoms with van der Waals surface area (Å²) in [6.07, 6.45) is -0.0209. The minimum Gasteiger partial charge on any atom is -0.392 e. The molecule has 0 bridgehead atoms. The smallest absolute Gasteiger partial charge is 0.229 e. The molecule has 2 heterocycles. The van der Waals surface area contributed by atoms with Crippen molar-refractivity contribution in [3.63, 3.8) is 0 Å². The highest BCUT2D eigenvalue weighted by Gasteiger charge is 2.15. The van der Waals surface area contributed by atoms with E-state index in [0.29, 0.717) is 18.1 Å². The van der Waals surface area contributed by atoms with Gasteiger partial charge in [-0.15, -0.1) is 11.3 Å². The third-order valence-electron chi connectivity index (χ3n) is 2.36. The Hall–Kier alpha value is -1.20. The molecule has 4 nitrogen and oxygen atoms in total. The summed E-state index contributed by atoms with van der Waals surface area (Å²) in [7, 11) is 0. The molecule has 0 amide bonds. The van der Waals surface area contributed by atoms with Crippen molar-refractivity contribution in [2.24, 2.45) is 5.92 Å². The van der Waals surface area contributed by atoms with Crippen molar-refractivity contribution in [3.05, 3.63) is 23.4 Å². The number of thiophene rings is 1. The van der Waals surface area contributed by atoms with E-state index < -0.39 is 6.10 Å². The van der Waals surface area contributed by atoms with Gasteiger partial charge in [0.2, 0.25) is 11.7 Å². The van der Waals surface area contributed by atoms with Gasteiger partial charge >= 0.3 is 0 Å². The van der Waals surface area contributed by atoms with E-state index >= 15 is 0 Å². The highest BCUT2D eigenvalue weighted by molar-refractivity contribution is 7.13. The van der Waals surface area contributed by atoms with Gasteiger partial charge in [0.15, 0.2) is 0 Å². The molecular weight excluding hydrogens is 224 g/mol. The molecule has 0 saturated carbocycles. The fraction of sp³-hybridized carbons (Fsp3) is 0.455. The van der Waals surface area contributed by atoms with Crippen LogP contribution >= 0.6 is 11.3 Å². The molecule has 86 valence electrons. The normalized spacial score (nSPS) is 13.2. The second kappa shape index (κ2) is 4.76. The second-order valence-electron chi connectivity index (χ2n) is 4.00. The van der Waals surface area contributed by atoms with Crippen molar-refractivity contribution in [1.29, 1.82) is 0 Å². The van der Waals surface area contributed by atoms with Crippen LogP contribution in [0.3, 0.4) is 0 Å². The lowest BCUT2D eigenvalue weighted by molar-refractivity contribution is 0.116. The van der Waals surface area contributed by atoms with Crippen LogP contribution in [-0.4, -0.2) is 21.4 Å². The summed E-state index contributed by atoms with van der Waals surface area (Å²) in [6, 6.07) is 3.89. The molecule has 0 saturated heterocycles. The maximum atomic E-state index is 9.69. The van der Waals surface area contributed by atoms with Crippen LogP contribution < -0.4 is 0 Å². The van der Waals surface area contributed by atoms with Crippen molar-refractivity contribution < 1.29 is 9.63 Å². The molecule has 0 aromatic carbocycles. The summed E-state index contributed by atoms with van der Waals surface area (Å²) in [5.74, 6) is 1.28. The Balaban J connectivity index is 2.08. The van der Waals surface area contributed by atoms with Crippen LogP contribution in [0.25, 0.3) is 10.7 Å². The van der Waals surface area contributed by atoms with Gasteiger partial charge in [0, 0.05) is 0 Å². The SMILES string of the molecule is CC(C)C(O)Cc1nc(-c2cccs2)no1. The van der Waals surface area contributed by atoms with Crippen LogP contribution in [-0.2, 0) is 6.42 Å². The first-order valence-electron chi connectivity index (χ1n) is 5.21. The van der Waals surface area contributed by atoms with Crippen LogP contribution in [0.4, 0.5) is 0 Å². The fourth-order valence-corrected chi connectivity index (χ4v) is 1.91. The molecule has 2 aromatic rings. The summed E-state index contributed by atoms with van der Waals surface area (Å²) < 4.78 is 5.09. The van der Waals surface area contributed by atoms with E-state index in [2.05, 4.69) is 10.1 Å². The second-order valence-corrected chi connectivity index (χ2v) is 4.95. The predicted octanol–water partition coefficient (Wildman–Crippen LogP) is 2.36. The van der Waals surface area contributed by atoms with Crippen LogP contribution in [0.1, 0.15) is 19.7 Å². The molecular formula is C11H14N2O2S. The highest BCUT2D eigenvalue weighted by atomic mass is 32.1. The fourth-order valence-electron chi connectivity index (χ4n) is 1.26. The van der Waals surface area contributed by atoms with Crippen LogP contribution in [0, 0.1) is 5.92 Å². The van der Waals surface area contributed by atoms with Gasteiger partial charge in [-0.25, -0.2) is 0 Å². The van der Waals surface area contributed by atoms with Crippen LogP contribution in [0.5, 0.6) is 0 Å². The van der Waals surface area contributed by atoms with Crippen molar-refractivity contribution in [2.75, 3.05) is 0 Å². The van der Waals surface area contributed by atoms with Gasteiger partial charge in [-0.05, 0) is 17.4 Å². The number of hydrogen-bond acceptors (Lipinski definition) is 5.